The summed E-state index contributed by atoms with van der Waals surface area (Å²) in [6.07, 6.45) is 0. The van der Waals surface area contributed by atoms with Crippen LogP contribution in [0.2, 0.25) is 0 Å². The molecular formula is C21H27N3O3. The van der Waals surface area contributed by atoms with Gasteiger partial charge in [-0.3, -0.25) is 9.59 Å². The molecule has 1 fully saturated rings. The lowest BCUT2D eigenvalue weighted by molar-refractivity contribution is 0.0670. The molecule has 27 heavy (non-hydrogen) atoms. The van der Waals surface area contributed by atoms with Crippen LogP contribution in [0, 0.1) is 13.8 Å². The molecule has 0 saturated carbocycles. The van der Waals surface area contributed by atoms with E-state index in [-0.39, 0.29) is 23.1 Å². The number of pyridine rings is 1. The van der Waals surface area contributed by atoms with E-state index in [9.17, 15) is 9.59 Å². The molecular weight excluding hydrogens is 342 g/mol. The molecule has 1 amide bonds. The molecule has 2 heterocycles. The van der Waals surface area contributed by atoms with Crippen LogP contribution in [0.15, 0.2) is 35.1 Å². The van der Waals surface area contributed by atoms with Crippen molar-refractivity contribution in [2.24, 2.45) is 7.05 Å². The monoisotopic (exact) mass is 369 g/mol. The van der Waals surface area contributed by atoms with Gasteiger partial charge < -0.3 is 19.1 Å². The van der Waals surface area contributed by atoms with Gasteiger partial charge in [-0.05, 0) is 44.5 Å². The number of aromatic nitrogens is 1. The second-order valence-corrected chi connectivity index (χ2v) is 7.17. The quantitative estimate of drug-likeness (QED) is 0.834. The predicted molar refractivity (Wildman–Crippen MR) is 107 cm³/mol. The van der Waals surface area contributed by atoms with Gasteiger partial charge in [0.05, 0.1) is 12.8 Å². The Labute approximate surface area is 160 Å². The van der Waals surface area contributed by atoms with Gasteiger partial charge in [-0.25, -0.2) is 0 Å². The van der Waals surface area contributed by atoms with Crippen molar-refractivity contribution in [2.45, 2.75) is 26.8 Å². The average Bonchev–Trinajstić information content (AvgIpc) is 2.66. The van der Waals surface area contributed by atoms with Crippen molar-refractivity contribution in [3.8, 4) is 5.75 Å². The highest BCUT2D eigenvalue weighted by atomic mass is 16.5. The van der Waals surface area contributed by atoms with Crippen molar-refractivity contribution in [3.05, 3.63) is 57.5 Å². The third-order valence-electron chi connectivity index (χ3n) is 5.40. The lowest BCUT2D eigenvalue weighted by Gasteiger charge is -2.41. The molecule has 1 aliphatic rings. The first-order valence-electron chi connectivity index (χ1n) is 9.21. The summed E-state index contributed by atoms with van der Waals surface area (Å²) in [5.74, 6) is 0.646. The molecule has 1 aromatic carbocycles. The van der Waals surface area contributed by atoms with Crippen molar-refractivity contribution >= 4 is 11.6 Å². The molecule has 0 spiro atoms. The third-order valence-corrected chi connectivity index (χ3v) is 5.40. The van der Waals surface area contributed by atoms with E-state index in [1.807, 2.05) is 56.0 Å². The maximum atomic E-state index is 13.2. The summed E-state index contributed by atoms with van der Waals surface area (Å²) < 4.78 is 7.00. The van der Waals surface area contributed by atoms with E-state index >= 15 is 0 Å². The fourth-order valence-corrected chi connectivity index (χ4v) is 3.75. The van der Waals surface area contributed by atoms with Gasteiger partial charge in [0, 0.05) is 38.4 Å². The minimum absolute atomic E-state index is 0.0124. The molecule has 6 nitrogen and oxygen atoms in total. The third kappa shape index (κ3) is 3.44. The van der Waals surface area contributed by atoms with Crippen LogP contribution in [0.1, 0.15) is 28.5 Å². The lowest BCUT2D eigenvalue weighted by atomic mass is 10.1. The van der Waals surface area contributed by atoms with E-state index in [0.717, 1.165) is 22.7 Å². The number of piperazine rings is 1. The number of hydrogen-bond acceptors (Lipinski definition) is 4. The zero-order chi connectivity index (χ0) is 19.7. The molecule has 1 aromatic heterocycles. The summed E-state index contributed by atoms with van der Waals surface area (Å²) in [6.45, 7) is 7.68. The van der Waals surface area contributed by atoms with Gasteiger partial charge in [0.1, 0.15) is 11.3 Å². The van der Waals surface area contributed by atoms with E-state index in [4.69, 9.17) is 4.74 Å². The number of aryl methyl sites for hydroxylation is 2. The smallest absolute Gasteiger partial charge is 0.263 e. The van der Waals surface area contributed by atoms with Crippen molar-refractivity contribution in [1.82, 2.24) is 9.47 Å². The molecule has 0 aliphatic carbocycles. The molecule has 1 aliphatic heterocycles. The van der Waals surface area contributed by atoms with Crippen molar-refractivity contribution in [2.75, 3.05) is 31.6 Å². The fraction of sp³-hybridized carbons (Fsp3) is 0.429. The number of para-hydroxylation sites is 2. The highest BCUT2D eigenvalue weighted by Gasteiger charge is 2.31. The van der Waals surface area contributed by atoms with Gasteiger partial charge >= 0.3 is 0 Å². The van der Waals surface area contributed by atoms with E-state index in [1.165, 1.54) is 4.57 Å². The Balaban J connectivity index is 1.84. The second kappa shape index (κ2) is 7.47. The topological polar surface area (TPSA) is 54.8 Å². The van der Waals surface area contributed by atoms with Crippen LogP contribution in [0.4, 0.5) is 5.69 Å². The molecule has 144 valence electrons. The number of amides is 1. The van der Waals surface area contributed by atoms with Crippen molar-refractivity contribution in [3.63, 3.8) is 0 Å². The number of ether oxygens (including phenoxy) is 1. The van der Waals surface area contributed by atoms with Gasteiger partial charge in [-0.2, -0.15) is 0 Å². The summed E-state index contributed by atoms with van der Waals surface area (Å²) in [6, 6.07) is 9.78. The largest absolute Gasteiger partial charge is 0.495 e. The first kappa shape index (κ1) is 19.0. The Bertz CT molecular complexity index is 919. The fourth-order valence-electron chi connectivity index (χ4n) is 3.75. The Hall–Kier alpha value is -2.76. The van der Waals surface area contributed by atoms with Crippen LogP contribution < -0.4 is 15.2 Å². The maximum absolute atomic E-state index is 13.2. The van der Waals surface area contributed by atoms with E-state index in [2.05, 4.69) is 4.90 Å². The van der Waals surface area contributed by atoms with Gasteiger partial charge in [0.25, 0.3) is 11.5 Å². The summed E-state index contributed by atoms with van der Waals surface area (Å²) in [7, 11) is 3.37. The molecule has 6 heteroatoms. The van der Waals surface area contributed by atoms with Crippen LogP contribution in [-0.4, -0.2) is 48.2 Å². The number of anilines is 1. The average molecular weight is 369 g/mol. The van der Waals surface area contributed by atoms with Crippen LogP contribution in [0.25, 0.3) is 0 Å². The highest BCUT2D eigenvalue weighted by Crippen LogP contribution is 2.29. The standard InChI is InChI=1S/C21H27N3O3/c1-14-12-15(2)22(4)20(25)19(14)21(26)24-11-10-23(13-16(24)3)17-8-6-7-9-18(17)27-5/h6-9,12,16H,10-11,13H2,1-5H3/t16-/m1/s1. The number of hydrogen-bond donors (Lipinski definition) is 0. The number of rotatable bonds is 3. The Morgan fingerprint density at radius 1 is 1.19 bits per heavy atom. The molecule has 1 atom stereocenters. The predicted octanol–water partition coefficient (Wildman–Crippen LogP) is 2.36. The molecule has 2 aromatic rings. The minimum Gasteiger partial charge on any atom is -0.495 e. The number of methoxy groups -OCH3 is 1. The van der Waals surface area contributed by atoms with Crippen LogP contribution >= 0.6 is 0 Å². The Morgan fingerprint density at radius 3 is 2.56 bits per heavy atom. The molecule has 0 radical (unpaired) electrons. The first-order valence-corrected chi connectivity index (χ1v) is 9.21. The summed E-state index contributed by atoms with van der Waals surface area (Å²) in [5.41, 5.74) is 2.67. The molecule has 1 saturated heterocycles. The molecule has 0 bridgehead atoms. The second-order valence-electron chi connectivity index (χ2n) is 7.17. The lowest BCUT2D eigenvalue weighted by Crippen LogP contribution is -2.55. The number of benzene rings is 1. The zero-order valence-corrected chi connectivity index (χ0v) is 16.7. The molecule has 0 N–H and O–H groups in total. The summed E-state index contributed by atoms with van der Waals surface area (Å²) in [5, 5.41) is 0. The SMILES string of the molecule is COc1ccccc1N1CCN(C(=O)c2c(C)cc(C)n(C)c2=O)[C@H](C)C1. The normalized spacial score (nSPS) is 17.1. The van der Waals surface area contributed by atoms with E-state index < -0.39 is 0 Å². The van der Waals surface area contributed by atoms with Crippen molar-refractivity contribution < 1.29 is 9.53 Å². The molecule has 0 unspecified atom stereocenters. The van der Waals surface area contributed by atoms with Gasteiger partial charge in [0.2, 0.25) is 0 Å². The van der Waals surface area contributed by atoms with E-state index in [1.54, 1.807) is 14.2 Å². The van der Waals surface area contributed by atoms with E-state index in [0.29, 0.717) is 19.6 Å². The summed E-state index contributed by atoms with van der Waals surface area (Å²) in [4.78, 5) is 29.9. The maximum Gasteiger partial charge on any atom is 0.263 e. The molecule has 3 rings (SSSR count). The number of carbonyl (C=O) groups is 1. The van der Waals surface area contributed by atoms with Gasteiger partial charge in [-0.15, -0.1) is 0 Å². The Kier molecular flexibility index (Phi) is 5.26. The Morgan fingerprint density at radius 2 is 1.89 bits per heavy atom. The number of nitrogens with zero attached hydrogens (tertiary/aromatic N) is 3. The van der Waals surface area contributed by atoms with Crippen LogP contribution in [-0.2, 0) is 7.05 Å². The summed E-state index contributed by atoms with van der Waals surface area (Å²) >= 11 is 0. The zero-order valence-electron chi connectivity index (χ0n) is 16.7. The van der Waals surface area contributed by atoms with Crippen LogP contribution in [0.3, 0.4) is 0 Å². The minimum atomic E-state index is -0.225. The first-order chi connectivity index (χ1) is 12.8. The van der Waals surface area contributed by atoms with Crippen molar-refractivity contribution in [1.29, 1.82) is 0 Å². The van der Waals surface area contributed by atoms with Crippen LogP contribution in [0.5, 0.6) is 5.75 Å². The number of carbonyl (C=O) groups excluding carboxylic acids is 1. The highest BCUT2D eigenvalue weighted by molar-refractivity contribution is 5.95. The van der Waals surface area contributed by atoms with Gasteiger partial charge in [0.15, 0.2) is 0 Å². The van der Waals surface area contributed by atoms with Gasteiger partial charge in [-0.1, -0.05) is 12.1 Å².